The van der Waals surface area contributed by atoms with Crippen molar-refractivity contribution in [2.24, 2.45) is 5.73 Å². The maximum absolute atomic E-state index is 12.7. The molecule has 20 heavy (non-hydrogen) atoms. The first-order valence-electron chi connectivity index (χ1n) is 6.38. The van der Waals surface area contributed by atoms with Crippen molar-refractivity contribution >= 4 is 10.0 Å². The summed E-state index contributed by atoms with van der Waals surface area (Å²) in [7, 11) is -3.54. The average Bonchev–Trinajstić information content (AvgIpc) is 3.02. The minimum absolute atomic E-state index is 0.191. The number of nitrogens with two attached hydrogens (primary N) is 1. The van der Waals surface area contributed by atoms with Crippen LogP contribution >= 0.6 is 0 Å². The van der Waals surface area contributed by atoms with Gasteiger partial charge in [-0.2, -0.15) is 4.31 Å². The molecule has 0 atom stereocenters. The summed E-state index contributed by atoms with van der Waals surface area (Å²) in [5.41, 5.74) is 7.60. The van der Waals surface area contributed by atoms with Gasteiger partial charge in [0.25, 0.3) is 0 Å². The van der Waals surface area contributed by atoms with Crippen LogP contribution in [0.5, 0.6) is 0 Å². The van der Waals surface area contributed by atoms with E-state index in [9.17, 15) is 8.42 Å². The zero-order valence-electron chi connectivity index (χ0n) is 11.2. The van der Waals surface area contributed by atoms with Crippen molar-refractivity contribution in [3.05, 3.63) is 53.0 Å². The van der Waals surface area contributed by atoms with E-state index in [1.807, 2.05) is 24.3 Å². The van der Waals surface area contributed by atoms with Crippen LogP contribution in [0.1, 0.15) is 22.6 Å². The van der Waals surface area contributed by atoms with Gasteiger partial charge in [-0.05, 0) is 18.1 Å². The summed E-state index contributed by atoms with van der Waals surface area (Å²) in [6.07, 6.45) is 0. The van der Waals surface area contributed by atoms with E-state index in [4.69, 9.17) is 10.2 Å². The summed E-state index contributed by atoms with van der Waals surface area (Å²) < 4.78 is 32.2. The van der Waals surface area contributed by atoms with Crippen LogP contribution in [0.15, 0.2) is 39.6 Å². The number of furan rings is 1. The SMILES string of the molecule is Cc1oc(CN)cc1S(=O)(=O)N1Cc2ccccc2C1. The predicted octanol–water partition coefficient (Wildman–Crippen LogP) is 1.75. The third-order valence-electron chi connectivity index (χ3n) is 3.55. The zero-order chi connectivity index (χ0) is 14.3. The Morgan fingerprint density at radius 3 is 2.35 bits per heavy atom. The predicted molar refractivity (Wildman–Crippen MR) is 74.2 cm³/mol. The lowest BCUT2D eigenvalue weighted by atomic mass is 10.1. The Balaban J connectivity index is 1.96. The van der Waals surface area contributed by atoms with Crippen LogP contribution in [0, 0.1) is 6.92 Å². The fourth-order valence-corrected chi connectivity index (χ4v) is 4.07. The van der Waals surface area contributed by atoms with Crippen molar-refractivity contribution in [2.75, 3.05) is 0 Å². The second-order valence-corrected chi connectivity index (χ2v) is 6.79. The summed E-state index contributed by atoms with van der Waals surface area (Å²) in [5, 5.41) is 0. The number of aryl methyl sites for hydroxylation is 1. The van der Waals surface area contributed by atoms with Gasteiger partial charge < -0.3 is 10.2 Å². The average molecular weight is 292 g/mol. The molecule has 0 aliphatic carbocycles. The molecule has 0 saturated carbocycles. The number of hydrogen-bond acceptors (Lipinski definition) is 4. The highest BCUT2D eigenvalue weighted by Crippen LogP contribution is 2.30. The second-order valence-electron chi connectivity index (χ2n) is 4.88. The van der Waals surface area contributed by atoms with Gasteiger partial charge in [-0.25, -0.2) is 8.42 Å². The van der Waals surface area contributed by atoms with Crippen LogP contribution < -0.4 is 5.73 Å². The summed E-state index contributed by atoms with van der Waals surface area (Å²) in [4.78, 5) is 0.214. The van der Waals surface area contributed by atoms with E-state index in [0.29, 0.717) is 24.6 Å². The number of sulfonamides is 1. The molecule has 2 heterocycles. The van der Waals surface area contributed by atoms with Crippen molar-refractivity contribution in [3.8, 4) is 0 Å². The van der Waals surface area contributed by atoms with Gasteiger partial charge in [-0.3, -0.25) is 0 Å². The molecule has 5 nitrogen and oxygen atoms in total. The topological polar surface area (TPSA) is 76.5 Å². The quantitative estimate of drug-likeness (QED) is 0.935. The highest BCUT2D eigenvalue weighted by atomic mass is 32.2. The van der Waals surface area contributed by atoms with Gasteiger partial charge in [0.2, 0.25) is 10.0 Å². The van der Waals surface area contributed by atoms with Crippen LogP contribution in [-0.2, 0) is 29.7 Å². The maximum atomic E-state index is 12.7. The minimum Gasteiger partial charge on any atom is -0.464 e. The van der Waals surface area contributed by atoms with Crippen LogP contribution in [0.3, 0.4) is 0 Å². The first-order valence-corrected chi connectivity index (χ1v) is 7.82. The van der Waals surface area contributed by atoms with Gasteiger partial charge in [0, 0.05) is 19.2 Å². The Morgan fingerprint density at radius 1 is 1.25 bits per heavy atom. The molecule has 1 aliphatic heterocycles. The molecule has 6 heteroatoms. The highest BCUT2D eigenvalue weighted by Gasteiger charge is 2.32. The number of hydrogen-bond donors (Lipinski definition) is 1. The van der Waals surface area contributed by atoms with Gasteiger partial charge in [0.1, 0.15) is 16.4 Å². The van der Waals surface area contributed by atoms with Gasteiger partial charge in [0.15, 0.2) is 0 Å². The minimum atomic E-state index is -3.54. The Morgan fingerprint density at radius 2 is 1.85 bits per heavy atom. The normalized spacial score (nSPS) is 15.5. The molecule has 0 unspecified atom stereocenters. The van der Waals surface area contributed by atoms with Crippen molar-refractivity contribution in [1.82, 2.24) is 4.31 Å². The van der Waals surface area contributed by atoms with Crippen LogP contribution in [0.4, 0.5) is 0 Å². The summed E-state index contributed by atoms with van der Waals surface area (Å²) in [5.74, 6) is 0.874. The monoisotopic (exact) mass is 292 g/mol. The maximum Gasteiger partial charge on any atom is 0.247 e. The molecule has 0 radical (unpaired) electrons. The summed E-state index contributed by atoms with van der Waals surface area (Å²) >= 11 is 0. The highest BCUT2D eigenvalue weighted by molar-refractivity contribution is 7.89. The Kier molecular flexibility index (Phi) is 3.16. The Hall–Kier alpha value is -1.63. The molecule has 0 saturated heterocycles. The third kappa shape index (κ3) is 2.06. The lowest BCUT2D eigenvalue weighted by Crippen LogP contribution is -2.25. The van der Waals surface area contributed by atoms with Crippen LogP contribution in [-0.4, -0.2) is 12.7 Å². The number of nitrogens with zero attached hydrogens (tertiary/aromatic N) is 1. The Labute approximate surface area is 118 Å². The molecular weight excluding hydrogens is 276 g/mol. The number of benzene rings is 1. The molecule has 2 aromatic rings. The molecular formula is C14H16N2O3S. The molecule has 0 amide bonds. The van der Waals surface area contributed by atoms with Crippen molar-refractivity contribution in [2.45, 2.75) is 31.5 Å². The first kappa shape index (κ1) is 13.4. The van der Waals surface area contributed by atoms with Crippen molar-refractivity contribution in [3.63, 3.8) is 0 Å². The fraction of sp³-hybridized carbons (Fsp3) is 0.286. The first-order chi connectivity index (χ1) is 9.52. The van der Waals surface area contributed by atoms with E-state index in [1.165, 1.54) is 10.4 Å². The molecule has 1 aliphatic rings. The second kappa shape index (κ2) is 4.73. The molecule has 0 bridgehead atoms. The van der Waals surface area contributed by atoms with E-state index < -0.39 is 10.0 Å². The van der Waals surface area contributed by atoms with Gasteiger partial charge in [-0.15, -0.1) is 0 Å². The van der Waals surface area contributed by atoms with Gasteiger partial charge in [0.05, 0.1) is 6.54 Å². The standard InChI is InChI=1S/C14H16N2O3S/c1-10-14(6-13(7-15)19-10)20(17,18)16-8-11-4-2-3-5-12(11)9-16/h2-6H,7-9,15H2,1H3. The largest absolute Gasteiger partial charge is 0.464 e. The number of rotatable bonds is 3. The van der Waals surface area contributed by atoms with Crippen molar-refractivity contribution in [1.29, 1.82) is 0 Å². The van der Waals surface area contributed by atoms with Crippen LogP contribution in [0.2, 0.25) is 0 Å². The molecule has 0 fully saturated rings. The molecule has 1 aromatic carbocycles. The fourth-order valence-electron chi connectivity index (χ4n) is 2.49. The van der Waals surface area contributed by atoms with Gasteiger partial charge >= 0.3 is 0 Å². The third-order valence-corrected chi connectivity index (χ3v) is 5.45. The summed E-state index contributed by atoms with van der Waals surface area (Å²) in [6, 6.07) is 9.28. The van der Waals surface area contributed by atoms with Gasteiger partial charge in [-0.1, -0.05) is 24.3 Å². The lowest BCUT2D eigenvalue weighted by molar-refractivity contribution is 0.427. The summed E-state index contributed by atoms with van der Waals surface area (Å²) in [6.45, 7) is 2.65. The molecule has 2 N–H and O–H groups in total. The van der Waals surface area contributed by atoms with Crippen molar-refractivity contribution < 1.29 is 12.8 Å². The Bertz CT molecular complexity index is 725. The molecule has 1 aromatic heterocycles. The number of fused-ring (bicyclic) bond motifs is 1. The van der Waals surface area contributed by atoms with E-state index >= 15 is 0 Å². The smallest absolute Gasteiger partial charge is 0.247 e. The van der Waals surface area contributed by atoms with E-state index in [2.05, 4.69) is 0 Å². The molecule has 3 rings (SSSR count). The van der Waals surface area contributed by atoms with E-state index in [-0.39, 0.29) is 11.4 Å². The molecule has 106 valence electrons. The zero-order valence-corrected chi connectivity index (χ0v) is 12.0. The molecule has 0 spiro atoms. The van der Waals surface area contributed by atoms with Crippen LogP contribution in [0.25, 0.3) is 0 Å². The van der Waals surface area contributed by atoms with E-state index in [1.54, 1.807) is 6.92 Å². The van der Waals surface area contributed by atoms with E-state index in [0.717, 1.165) is 11.1 Å². The lowest BCUT2D eigenvalue weighted by Gasteiger charge is -2.14.